The molecule has 15 heavy (non-hydrogen) atoms. The average Bonchev–Trinajstić information content (AvgIpc) is 2.63. The molecule has 0 unspecified atom stereocenters. The van der Waals surface area contributed by atoms with Gasteiger partial charge in [-0.2, -0.15) is 5.10 Å². The summed E-state index contributed by atoms with van der Waals surface area (Å²) in [6, 6.07) is 0. The van der Waals surface area contributed by atoms with Crippen molar-refractivity contribution in [1.82, 2.24) is 15.2 Å². The second kappa shape index (κ2) is 7.43. The molecule has 1 heterocycles. The first kappa shape index (κ1) is 12.2. The van der Waals surface area contributed by atoms with Crippen LogP contribution in [0.2, 0.25) is 0 Å². The highest BCUT2D eigenvalue weighted by Crippen LogP contribution is 2.08. The molecule has 0 aromatic carbocycles. The molecular weight excluding hydrogens is 186 g/mol. The van der Waals surface area contributed by atoms with E-state index in [2.05, 4.69) is 22.1 Å². The molecule has 0 radical (unpaired) electrons. The maximum atomic E-state index is 4.29. The number of unbranched alkanes of at least 4 members (excludes halogenated alkanes) is 6. The van der Waals surface area contributed by atoms with E-state index in [0.717, 1.165) is 18.1 Å². The lowest BCUT2D eigenvalue weighted by Gasteiger charge is -1.99. The van der Waals surface area contributed by atoms with E-state index >= 15 is 0 Å². The molecule has 0 amide bonds. The third-order valence-corrected chi connectivity index (χ3v) is 2.65. The number of hydrogen-bond acceptors (Lipinski definition) is 2. The molecule has 0 atom stereocenters. The SMILES string of the molecule is CCCCCCCCCc1n[nH]c(C)n1. The molecule has 0 spiro atoms. The monoisotopic (exact) mass is 209 g/mol. The maximum Gasteiger partial charge on any atom is 0.150 e. The lowest BCUT2D eigenvalue weighted by atomic mass is 10.1. The number of aromatic amines is 1. The number of rotatable bonds is 8. The number of nitrogens with zero attached hydrogens (tertiary/aromatic N) is 2. The van der Waals surface area contributed by atoms with E-state index in [1.54, 1.807) is 0 Å². The van der Waals surface area contributed by atoms with E-state index in [1.165, 1.54) is 44.9 Å². The highest BCUT2D eigenvalue weighted by atomic mass is 15.2. The third kappa shape index (κ3) is 5.55. The van der Waals surface area contributed by atoms with Gasteiger partial charge in [0.2, 0.25) is 0 Å². The Morgan fingerprint density at radius 1 is 1.00 bits per heavy atom. The molecule has 0 fully saturated rings. The molecule has 1 aromatic rings. The van der Waals surface area contributed by atoms with Gasteiger partial charge in [0, 0.05) is 6.42 Å². The average molecular weight is 209 g/mol. The fourth-order valence-corrected chi connectivity index (χ4v) is 1.74. The van der Waals surface area contributed by atoms with Crippen LogP contribution in [-0.4, -0.2) is 15.2 Å². The molecule has 0 saturated heterocycles. The summed E-state index contributed by atoms with van der Waals surface area (Å²) in [6.45, 7) is 4.20. The summed E-state index contributed by atoms with van der Waals surface area (Å²) in [5.41, 5.74) is 0. The van der Waals surface area contributed by atoms with Crippen molar-refractivity contribution in [2.75, 3.05) is 0 Å². The van der Waals surface area contributed by atoms with Crippen molar-refractivity contribution < 1.29 is 0 Å². The fraction of sp³-hybridized carbons (Fsp3) is 0.833. The smallest absolute Gasteiger partial charge is 0.150 e. The van der Waals surface area contributed by atoms with Crippen LogP contribution in [0.25, 0.3) is 0 Å². The van der Waals surface area contributed by atoms with Gasteiger partial charge in [-0.1, -0.05) is 45.4 Å². The van der Waals surface area contributed by atoms with E-state index < -0.39 is 0 Å². The van der Waals surface area contributed by atoms with Gasteiger partial charge in [0.25, 0.3) is 0 Å². The molecule has 3 nitrogen and oxygen atoms in total. The largest absolute Gasteiger partial charge is 0.263 e. The number of H-pyrrole nitrogens is 1. The van der Waals surface area contributed by atoms with Crippen molar-refractivity contribution in [3.05, 3.63) is 11.6 Å². The van der Waals surface area contributed by atoms with Crippen LogP contribution < -0.4 is 0 Å². The normalized spacial score (nSPS) is 10.8. The Morgan fingerprint density at radius 3 is 2.27 bits per heavy atom. The van der Waals surface area contributed by atoms with Gasteiger partial charge in [-0.05, 0) is 13.3 Å². The molecule has 1 N–H and O–H groups in total. The molecule has 1 aromatic heterocycles. The standard InChI is InChI=1S/C12H23N3/c1-3-4-5-6-7-8-9-10-12-13-11(2)14-15-12/h3-10H2,1-2H3,(H,13,14,15). The Labute approximate surface area is 92.7 Å². The van der Waals surface area contributed by atoms with Crippen LogP contribution >= 0.6 is 0 Å². The summed E-state index contributed by atoms with van der Waals surface area (Å²) in [4.78, 5) is 4.29. The van der Waals surface area contributed by atoms with Crippen molar-refractivity contribution in [1.29, 1.82) is 0 Å². The Kier molecular flexibility index (Phi) is 6.05. The summed E-state index contributed by atoms with van der Waals surface area (Å²) < 4.78 is 0. The van der Waals surface area contributed by atoms with E-state index in [4.69, 9.17) is 0 Å². The Hall–Kier alpha value is -0.860. The van der Waals surface area contributed by atoms with Crippen molar-refractivity contribution in [3.63, 3.8) is 0 Å². The molecule has 3 heteroatoms. The second-order valence-electron chi connectivity index (χ2n) is 4.21. The molecule has 0 aliphatic heterocycles. The highest BCUT2D eigenvalue weighted by molar-refractivity contribution is 4.87. The fourth-order valence-electron chi connectivity index (χ4n) is 1.74. The number of aromatic nitrogens is 3. The predicted molar refractivity (Wildman–Crippen MR) is 62.8 cm³/mol. The lowest BCUT2D eigenvalue weighted by molar-refractivity contribution is 0.585. The lowest BCUT2D eigenvalue weighted by Crippen LogP contribution is -1.89. The minimum Gasteiger partial charge on any atom is -0.263 e. The van der Waals surface area contributed by atoms with Crippen molar-refractivity contribution in [3.8, 4) is 0 Å². The third-order valence-electron chi connectivity index (χ3n) is 2.65. The molecule has 86 valence electrons. The minimum atomic E-state index is 0.924. The first-order valence-corrected chi connectivity index (χ1v) is 6.21. The summed E-state index contributed by atoms with van der Waals surface area (Å²) in [5, 5.41) is 7.00. The van der Waals surface area contributed by atoms with Crippen molar-refractivity contribution >= 4 is 0 Å². The van der Waals surface area contributed by atoms with Gasteiger partial charge in [0.15, 0.2) is 5.82 Å². The van der Waals surface area contributed by atoms with Gasteiger partial charge in [-0.3, -0.25) is 5.10 Å². The predicted octanol–water partition coefficient (Wildman–Crippen LogP) is 3.41. The zero-order valence-corrected chi connectivity index (χ0v) is 10.1. The highest BCUT2D eigenvalue weighted by Gasteiger charge is 1.98. The topological polar surface area (TPSA) is 41.6 Å². The van der Waals surface area contributed by atoms with Gasteiger partial charge >= 0.3 is 0 Å². The van der Waals surface area contributed by atoms with E-state index in [0.29, 0.717) is 0 Å². The second-order valence-corrected chi connectivity index (χ2v) is 4.21. The van der Waals surface area contributed by atoms with Crippen LogP contribution in [0.1, 0.15) is 63.5 Å². The van der Waals surface area contributed by atoms with Crippen LogP contribution in [0.15, 0.2) is 0 Å². The molecule has 1 rings (SSSR count). The van der Waals surface area contributed by atoms with Crippen LogP contribution in [0.5, 0.6) is 0 Å². The minimum absolute atomic E-state index is 0.924. The molecule has 0 saturated carbocycles. The Bertz CT molecular complexity index is 255. The van der Waals surface area contributed by atoms with E-state index in [-0.39, 0.29) is 0 Å². The number of aryl methyl sites for hydroxylation is 2. The summed E-state index contributed by atoms with van der Waals surface area (Å²) in [6.07, 6.45) is 10.4. The first-order chi connectivity index (χ1) is 7.33. The molecule has 0 aliphatic carbocycles. The molecule has 0 bridgehead atoms. The Balaban J connectivity index is 1.93. The van der Waals surface area contributed by atoms with Crippen LogP contribution in [-0.2, 0) is 6.42 Å². The Morgan fingerprint density at radius 2 is 1.67 bits per heavy atom. The maximum absolute atomic E-state index is 4.29. The zero-order chi connectivity index (χ0) is 10.9. The van der Waals surface area contributed by atoms with Gasteiger partial charge < -0.3 is 0 Å². The summed E-state index contributed by atoms with van der Waals surface area (Å²) >= 11 is 0. The van der Waals surface area contributed by atoms with E-state index in [1.807, 2.05) is 6.92 Å². The van der Waals surface area contributed by atoms with E-state index in [9.17, 15) is 0 Å². The van der Waals surface area contributed by atoms with Gasteiger partial charge in [-0.25, -0.2) is 4.98 Å². The summed E-state index contributed by atoms with van der Waals surface area (Å²) in [5.74, 6) is 1.90. The summed E-state index contributed by atoms with van der Waals surface area (Å²) in [7, 11) is 0. The van der Waals surface area contributed by atoms with Gasteiger partial charge in [-0.15, -0.1) is 0 Å². The number of hydrogen-bond donors (Lipinski definition) is 1. The number of nitrogens with one attached hydrogen (secondary N) is 1. The zero-order valence-electron chi connectivity index (χ0n) is 10.1. The molecular formula is C12H23N3. The van der Waals surface area contributed by atoms with Crippen molar-refractivity contribution in [2.24, 2.45) is 0 Å². The molecule has 0 aliphatic rings. The van der Waals surface area contributed by atoms with Gasteiger partial charge in [0.1, 0.15) is 5.82 Å². The first-order valence-electron chi connectivity index (χ1n) is 6.21. The van der Waals surface area contributed by atoms with Crippen LogP contribution in [0, 0.1) is 6.92 Å². The van der Waals surface area contributed by atoms with Gasteiger partial charge in [0.05, 0.1) is 0 Å². The van der Waals surface area contributed by atoms with Crippen LogP contribution in [0.3, 0.4) is 0 Å². The van der Waals surface area contributed by atoms with Crippen LogP contribution in [0.4, 0.5) is 0 Å². The van der Waals surface area contributed by atoms with Crippen molar-refractivity contribution in [2.45, 2.75) is 65.2 Å². The quantitative estimate of drug-likeness (QED) is 0.667.